The topological polar surface area (TPSA) is 142 Å². The molecule has 2 aromatic heterocycles. The molecule has 4 fully saturated rings. The molecule has 4 heterocycles. The van der Waals surface area contributed by atoms with Gasteiger partial charge < -0.3 is 30.7 Å². The highest BCUT2D eigenvalue weighted by molar-refractivity contribution is 5.90. The summed E-state index contributed by atoms with van der Waals surface area (Å²) in [5.74, 6) is 2.69. The molecule has 0 bridgehead atoms. The van der Waals surface area contributed by atoms with Crippen molar-refractivity contribution in [2.45, 2.75) is 69.8 Å². The monoisotopic (exact) mass is 641 g/mol. The molecular formula is C38H39N7O3. The first-order valence-corrected chi connectivity index (χ1v) is 17.1. The Labute approximate surface area is 278 Å². The first-order valence-electron chi connectivity index (χ1n) is 17.1. The van der Waals surface area contributed by atoms with E-state index in [4.69, 9.17) is 15.5 Å². The van der Waals surface area contributed by atoms with Gasteiger partial charge in [-0.15, -0.1) is 0 Å². The molecule has 5 aromatic rings. The molecule has 3 aromatic carbocycles. The zero-order chi connectivity index (χ0) is 32.7. The summed E-state index contributed by atoms with van der Waals surface area (Å²) in [5.41, 5.74) is 11.7. The van der Waals surface area contributed by atoms with Crippen molar-refractivity contribution in [1.29, 1.82) is 0 Å². The Hall–Kier alpha value is -4.96. The minimum absolute atomic E-state index is 0.155. The summed E-state index contributed by atoms with van der Waals surface area (Å²) in [6, 6.07) is 22.6. The van der Waals surface area contributed by atoms with E-state index >= 15 is 0 Å². The highest BCUT2D eigenvalue weighted by Crippen LogP contribution is 2.53. The minimum atomic E-state index is -0.932. The second kappa shape index (κ2) is 11.1. The number of benzene rings is 3. The molecule has 4 aliphatic rings. The standard InChI is InChI=1S/C38H39N7O3/c1-19(2)34(48-38(39)47)37(46)45-32-15-27(32)16-33(45)36-41-18-31(44-36)25-10-9-23-11-22(7-8-24(23)12-25)20-3-5-21(6-4-20)30-17-40-35(43-30)29-14-26-13-28(26)42-29/h3-12,17-19,26-29,32-34,42H,13-16H2,1-2H3,(H2,39,47)(H,40,43)(H,41,44)/t26-,27-,28-,29+,32-,33+,34?/m1/s1. The number of rotatable bonds is 8. The molecule has 2 aliphatic heterocycles. The van der Waals surface area contributed by atoms with Gasteiger partial charge in [-0.25, -0.2) is 14.8 Å². The highest BCUT2D eigenvalue weighted by atomic mass is 16.6. The van der Waals surface area contributed by atoms with Crippen molar-refractivity contribution < 1.29 is 14.3 Å². The van der Waals surface area contributed by atoms with Crippen molar-refractivity contribution in [3.05, 3.63) is 84.7 Å². The van der Waals surface area contributed by atoms with Crippen LogP contribution in [0.5, 0.6) is 0 Å². The van der Waals surface area contributed by atoms with Crippen LogP contribution in [-0.2, 0) is 9.53 Å². The Morgan fingerprint density at radius 3 is 2.15 bits per heavy atom. The molecular weight excluding hydrogens is 602 g/mol. The summed E-state index contributed by atoms with van der Waals surface area (Å²) < 4.78 is 5.24. The van der Waals surface area contributed by atoms with Crippen LogP contribution in [0.3, 0.4) is 0 Å². The van der Waals surface area contributed by atoms with Crippen LogP contribution in [0.4, 0.5) is 4.79 Å². The average molecular weight is 642 g/mol. The van der Waals surface area contributed by atoms with Crippen molar-refractivity contribution in [2.24, 2.45) is 23.5 Å². The van der Waals surface area contributed by atoms with Gasteiger partial charge in [0.2, 0.25) is 0 Å². The number of nitrogens with one attached hydrogen (secondary N) is 3. The van der Waals surface area contributed by atoms with Gasteiger partial charge in [0.25, 0.3) is 5.91 Å². The van der Waals surface area contributed by atoms with Crippen molar-refractivity contribution in [1.82, 2.24) is 30.2 Å². The third kappa shape index (κ3) is 5.15. The van der Waals surface area contributed by atoms with Crippen LogP contribution in [-0.4, -0.2) is 55.0 Å². The average Bonchev–Trinajstić information content (AvgIpc) is 3.65. The number of primary amides is 1. The quantitative estimate of drug-likeness (QED) is 0.153. The zero-order valence-corrected chi connectivity index (χ0v) is 27.0. The molecule has 244 valence electrons. The third-order valence-electron chi connectivity index (χ3n) is 10.8. The molecule has 9 rings (SSSR count). The largest absolute Gasteiger partial charge is 0.436 e. The number of fused-ring (bicyclic) bond motifs is 3. The van der Waals surface area contributed by atoms with E-state index in [1.54, 1.807) is 0 Å². The zero-order valence-electron chi connectivity index (χ0n) is 27.0. The second-order valence-corrected chi connectivity index (χ2v) is 14.4. The van der Waals surface area contributed by atoms with Gasteiger partial charge in [-0.05, 0) is 83.0 Å². The fraction of sp³-hybridized carbons (Fsp3) is 0.368. The summed E-state index contributed by atoms with van der Waals surface area (Å²) in [7, 11) is 0. The maximum atomic E-state index is 13.6. The van der Waals surface area contributed by atoms with E-state index in [0.717, 1.165) is 74.8 Å². The number of hydrogen-bond donors (Lipinski definition) is 4. The molecule has 5 N–H and O–H groups in total. The lowest BCUT2D eigenvalue weighted by Crippen LogP contribution is -2.46. The highest BCUT2D eigenvalue weighted by Gasteiger charge is 2.56. The number of likely N-dealkylation sites (tertiary alicyclic amines) is 1. The minimum Gasteiger partial charge on any atom is -0.436 e. The van der Waals surface area contributed by atoms with Crippen LogP contribution in [0.25, 0.3) is 44.4 Å². The number of nitrogens with zero attached hydrogens (tertiary/aromatic N) is 3. The number of carbonyl (C=O) groups is 2. The van der Waals surface area contributed by atoms with Crippen molar-refractivity contribution in [3.8, 4) is 33.6 Å². The van der Waals surface area contributed by atoms with Gasteiger partial charge >= 0.3 is 6.09 Å². The second-order valence-electron chi connectivity index (χ2n) is 14.4. The molecule has 2 aliphatic carbocycles. The molecule has 0 spiro atoms. The summed E-state index contributed by atoms with van der Waals surface area (Å²) in [4.78, 5) is 43.4. The Balaban J connectivity index is 0.911. The Morgan fingerprint density at radius 1 is 0.792 bits per heavy atom. The number of hydrogen-bond acceptors (Lipinski definition) is 6. The van der Waals surface area contributed by atoms with Gasteiger partial charge in [0.15, 0.2) is 6.10 Å². The van der Waals surface area contributed by atoms with E-state index in [0.29, 0.717) is 18.0 Å². The number of aromatic nitrogens is 4. The summed E-state index contributed by atoms with van der Waals surface area (Å²) >= 11 is 0. The first kappa shape index (κ1) is 29.2. The normalized spacial score (nSPS) is 26.0. The number of aromatic amines is 2. The lowest BCUT2D eigenvalue weighted by molar-refractivity contribution is -0.144. The predicted molar refractivity (Wildman–Crippen MR) is 182 cm³/mol. The lowest BCUT2D eigenvalue weighted by Gasteiger charge is -2.31. The fourth-order valence-corrected chi connectivity index (χ4v) is 8.04. The van der Waals surface area contributed by atoms with E-state index in [9.17, 15) is 9.59 Å². The maximum absolute atomic E-state index is 13.6. The Kier molecular flexibility index (Phi) is 6.72. The number of H-pyrrole nitrogens is 2. The number of imidazole rings is 2. The Bertz CT molecular complexity index is 2040. The third-order valence-corrected chi connectivity index (χ3v) is 10.8. The van der Waals surface area contributed by atoms with Crippen LogP contribution in [0, 0.1) is 17.8 Å². The molecule has 10 heteroatoms. The first-order chi connectivity index (χ1) is 23.3. The maximum Gasteiger partial charge on any atom is 0.405 e. The van der Waals surface area contributed by atoms with E-state index < -0.39 is 12.2 Å². The SMILES string of the molecule is CC(C)C(OC(N)=O)C(=O)N1[C@@H]2C[C@@H]2C[C@H]1c1ncc(-c2ccc3cc(-c4ccc(-c5cnc([C@@H]6C[C@H]7C[C@H]7N6)[nH]5)cc4)ccc3c2)[nH]1. The number of piperidine rings is 2. The van der Waals surface area contributed by atoms with Crippen LogP contribution in [0.1, 0.15) is 63.3 Å². The summed E-state index contributed by atoms with van der Waals surface area (Å²) in [6.45, 7) is 3.72. The van der Waals surface area contributed by atoms with E-state index in [2.05, 4.69) is 80.9 Å². The van der Waals surface area contributed by atoms with Crippen LogP contribution >= 0.6 is 0 Å². The molecule has 2 saturated carbocycles. The number of amides is 2. The molecule has 7 atom stereocenters. The van der Waals surface area contributed by atoms with Gasteiger partial charge in [-0.3, -0.25) is 4.79 Å². The van der Waals surface area contributed by atoms with Gasteiger partial charge in [-0.2, -0.15) is 0 Å². The van der Waals surface area contributed by atoms with E-state index in [1.165, 1.54) is 12.8 Å². The van der Waals surface area contributed by atoms with Gasteiger partial charge in [-0.1, -0.05) is 62.4 Å². The van der Waals surface area contributed by atoms with Crippen molar-refractivity contribution >= 4 is 22.8 Å². The van der Waals surface area contributed by atoms with Gasteiger partial charge in [0, 0.05) is 17.6 Å². The van der Waals surface area contributed by atoms with E-state index in [-0.39, 0.29) is 23.9 Å². The van der Waals surface area contributed by atoms with E-state index in [1.807, 2.05) is 31.1 Å². The number of carbonyl (C=O) groups excluding carboxylic acids is 2. The molecule has 2 saturated heterocycles. The molecule has 0 radical (unpaired) electrons. The summed E-state index contributed by atoms with van der Waals surface area (Å²) in [6.07, 6.45) is 6.26. The number of nitrogens with two attached hydrogens (primary N) is 1. The molecule has 10 nitrogen and oxygen atoms in total. The van der Waals surface area contributed by atoms with Crippen LogP contribution in [0.2, 0.25) is 0 Å². The van der Waals surface area contributed by atoms with Gasteiger partial charge in [0.1, 0.15) is 11.6 Å². The molecule has 2 amide bonds. The van der Waals surface area contributed by atoms with Crippen molar-refractivity contribution in [2.75, 3.05) is 0 Å². The number of ether oxygens (including phenoxy) is 1. The van der Waals surface area contributed by atoms with Crippen LogP contribution < -0.4 is 11.1 Å². The predicted octanol–water partition coefficient (Wildman–Crippen LogP) is 6.49. The molecule has 48 heavy (non-hydrogen) atoms. The summed E-state index contributed by atoms with van der Waals surface area (Å²) in [5, 5.41) is 5.96. The lowest BCUT2D eigenvalue weighted by atomic mass is 9.98. The molecule has 1 unspecified atom stereocenters. The fourth-order valence-electron chi connectivity index (χ4n) is 8.04. The van der Waals surface area contributed by atoms with Crippen LogP contribution in [0.15, 0.2) is 73.1 Å². The van der Waals surface area contributed by atoms with Gasteiger partial charge in [0.05, 0.1) is 35.9 Å². The smallest absolute Gasteiger partial charge is 0.405 e. The van der Waals surface area contributed by atoms with Crippen molar-refractivity contribution in [3.63, 3.8) is 0 Å². The Morgan fingerprint density at radius 2 is 1.44 bits per heavy atom.